The molecule has 4 nitrogen and oxygen atoms in total. The molecule has 21 heavy (non-hydrogen) atoms. The van der Waals surface area contributed by atoms with Crippen LogP contribution in [0.1, 0.15) is 36.0 Å². The summed E-state index contributed by atoms with van der Waals surface area (Å²) in [7, 11) is 0. The van der Waals surface area contributed by atoms with Crippen LogP contribution in [0.15, 0.2) is 36.5 Å². The lowest BCUT2D eigenvalue weighted by Crippen LogP contribution is -2.38. The summed E-state index contributed by atoms with van der Waals surface area (Å²) in [4.78, 5) is 16.7. The smallest absolute Gasteiger partial charge is 0.251 e. The van der Waals surface area contributed by atoms with Crippen molar-refractivity contribution in [3.05, 3.63) is 42.1 Å². The Hall–Kier alpha value is -1.94. The fourth-order valence-electron chi connectivity index (χ4n) is 3.18. The van der Waals surface area contributed by atoms with Crippen LogP contribution in [0, 0.1) is 5.41 Å². The topological polar surface area (TPSA) is 62.2 Å². The molecule has 0 unspecified atom stereocenters. The first-order valence-electron chi connectivity index (χ1n) is 7.47. The first kappa shape index (κ1) is 14.0. The molecule has 0 radical (unpaired) electrons. The number of nitrogens with one attached hydrogen (secondary N) is 1. The zero-order valence-corrected chi connectivity index (χ0v) is 12.0. The minimum Gasteiger partial charge on any atom is -0.396 e. The number of amides is 1. The van der Waals surface area contributed by atoms with Crippen molar-refractivity contribution in [2.75, 3.05) is 13.2 Å². The van der Waals surface area contributed by atoms with Crippen molar-refractivity contribution >= 4 is 16.8 Å². The fraction of sp³-hybridized carbons (Fsp3) is 0.412. The monoisotopic (exact) mass is 284 g/mol. The summed E-state index contributed by atoms with van der Waals surface area (Å²) in [6.07, 6.45) is 5.97. The van der Waals surface area contributed by atoms with E-state index in [1.807, 2.05) is 30.3 Å². The summed E-state index contributed by atoms with van der Waals surface area (Å²) in [6.45, 7) is 0.684. The van der Waals surface area contributed by atoms with Gasteiger partial charge in [0, 0.05) is 29.1 Å². The van der Waals surface area contributed by atoms with Crippen LogP contribution in [0.2, 0.25) is 0 Å². The van der Waals surface area contributed by atoms with Crippen molar-refractivity contribution in [2.24, 2.45) is 5.41 Å². The summed E-state index contributed by atoms with van der Waals surface area (Å²) >= 11 is 0. The number of aromatic nitrogens is 1. The van der Waals surface area contributed by atoms with Gasteiger partial charge in [0.15, 0.2) is 0 Å². The predicted octanol–water partition coefficient (Wildman–Crippen LogP) is 2.52. The molecule has 2 aromatic rings. The average molecular weight is 284 g/mol. The molecule has 1 saturated carbocycles. The number of aliphatic hydroxyl groups excluding tert-OH is 1. The number of carbonyl (C=O) groups is 1. The minimum atomic E-state index is -0.126. The van der Waals surface area contributed by atoms with Crippen LogP contribution in [0.5, 0.6) is 0 Å². The number of hydrogen-bond donors (Lipinski definition) is 2. The molecule has 0 spiro atoms. The number of nitrogens with zero attached hydrogens (tertiary/aromatic N) is 1. The number of hydrogen-bond acceptors (Lipinski definition) is 3. The number of fused-ring (bicyclic) bond motifs is 1. The van der Waals surface area contributed by atoms with Crippen LogP contribution < -0.4 is 5.32 Å². The molecule has 110 valence electrons. The van der Waals surface area contributed by atoms with Gasteiger partial charge in [-0.1, -0.05) is 25.0 Å². The number of pyridine rings is 1. The second-order valence-corrected chi connectivity index (χ2v) is 5.92. The number of carbonyl (C=O) groups excluding carboxylic acids is 1. The maximum absolute atomic E-state index is 12.5. The van der Waals surface area contributed by atoms with E-state index in [2.05, 4.69) is 10.3 Å². The minimum absolute atomic E-state index is 0.0895. The van der Waals surface area contributed by atoms with Gasteiger partial charge in [-0.2, -0.15) is 0 Å². The second-order valence-electron chi connectivity index (χ2n) is 5.92. The lowest BCUT2D eigenvalue weighted by molar-refractivity contribution is 0.0882. The van der Waals surface area contributed by atoms with Crippen LogP contribution in [-0.4, -0.2) is 29.1 Å². The van der Waals surface area contributed by atoms with E-state index in [0.29, 0.717) is 12.1 Å². The van der Waals surface area contributed by atoms with Gasteiger partial charge < -0.3 is 10.4 Å². The predicted molar refractivity (Wildman–Crippen MR) is 82.1 cm³/mol. The number of rotatable bonds is 4. The second kappa shape index (κ2) is 5.82. The zero-order valence-electron chi connectivity index (χ0n) is 12.0. The largest absolute Gasteiger partial charge is 0.396 e. The van der Waals surface area contributed by atoms with E-state index in [1.54, 1.807) is 6.20 Å². The maximum atomic E-state index is 12.5. The molecule has 0 saturated heterocycles. The Balaban J connectivity index is 1.78. The van der Waals surface area contributed by atoms with E-state index in [0.717, 1.165) is 36.6 Å². The van der Waals surface area contributed by atoms with E-state index < -0.39 is 0 Å². The Morgan fingerprint density at radius 2 is 2.05 bits per heavy atom. The molecule has 0 atom stereocenters. The molecule has 1 heterocycles. The summed E-state index contributed by atoms with van der Waals surface area (Å²) in [6, 6.07) is 9.32. The van der Waals surface area contributed by atoms with Gasteiger partial charge in [-0.15, -0.1) is 0 Å². The molecule has 1 fully saturated rings. The molecular weight excluding hydrogens is 264 g/mol. The van der Waals surface area contributed by atoms with Crippen molar-refractivity contribution < 1.29 is 9.90 Å². The molecule has 1 aliphatic rings. The maximum Gasteiger partial charge on any atom is 0.251 e. The van der Waals surface area contributed by atoms with Gasteiger partial charge >= 0.3 is 0 Å². The van der Waals surface area contributed by atoms with Crippen molar-refractivity contribution in [1.82, 2.24) is 10.3 Å². The first-order chi connectivity index (χ1) is 10.2. The van der Waals surface area contributed by atoms with E-state index in [9.17, 15) is 9.90 Å². The molecule has 0 aliphatic heterocycles. The lowest BCUT2D eigenvalue weighted by Gasteiger charge is -2.26. The highest BCUT2D eigenvalue weighted by molar-refractivity contribution is 6.06. The summed E-state index contributed by atoms with van der Waals surface area (Å²) in [5.74, 6) is -0.0895. The van der Waals surface area contributed by atoms with Gasteiger partial charge in [-0.25, -0.2) is 0 Å². The quantitative estimate of drug-likeness (QED) is 0.907. The average Bonchev–Trinajstić information content (AvgIpc) is 3.01. The standard InChI is InChI=1S/C17H20N2O2/c20-12-17(8-1-2-9-17)11-19-16(21)14-5-3-7-15-13(14)6-4-10-18-15/h3-7,10,20H,1-2,8-9,11-12H2,(H,19,21). The van der Waals surface area contributed by atoms with Crippen molar-refractivity contribution in [3.63, 3.8) is 0 Å². The van der Waals surface area contributed by atoms with Gasteiger partial charge in [0.1, 0.15) is 0 Å². The third-order valence-electron chi connectivity index (χ3n) is 4.51. The van der Waals surface area contributed by atoms with Crippen LogP contribution in [0.25, 0.3) is 10.9 Å². The van der Waals surface area contributed by atoms with E-state index >= 15 is 0 Å². The Labute approximate surface area is 124 Å². The van der Waals surface area contributed by atoms with Crippen LogP contribution in [0.4, 0.5) is 0 Å². The van der Waals surface area contributed by atoms with E-state index in [4.69, 9.17) is 0 Å². The van der Waals surface area contributed by atoms with Gasteiger partial charge in [0.25, 0.3) is 5.91 Å². The Kier molecular flexibility index (Phi) is 3.88. The third kappa shape index (κ3) is 2.76. The molecule has 4 heteroatoms. The summed E-state index contributed by atoms with van der Waals surface area (Å²) in [5, 5.41) is 13.5. The molecule has 1 amide bonds. The molecule has 2 N–H and O–H groups in total. The normalized spacial score (nSPS) is 17.0. The van der Waals surface area contributed by atoms with Crippen LogP contribution >= 0.6 is 0 Å². The van der Waals surface area contributed by atoms with Crippen LogP contribution in [-0.2, 0) is 0 Å². The van der Waals surface area contributed by atoms with Gasteiger partial charge in [-0.05, 0) is 31.0 Å². The SMILES string of the molecule is O=C(NCC1(CO)CCCC1)c1cccc2ncccc12. The van der Waals surface area contributed by atoms with Gasteiger partial charge in [-0.3, -0.25) is 9.78 Å². The molecule has 1 aromatic carbocycles. The molecule has 0 bridgehead atoms. The fourth-order valence-corrected chi connectivity index (χ4v) is 3.18. The van der Waals surface area contributed by atoms with Gasteiger partial charge in [0.2, 0.25) is 0 Å². The van der Waals surface area contributed by atoms with Gasteiger partial charge in [0.05, 0.1) is 12.1 Å². The first-order valence-corrected chi connectivity index (χ1v) is 7.47. The molecule has 3 rings (SSSR count). The van der Waals surface area contributed by atoms with Crippen molar-refractivity contribution in [3.8, 4) is 0 Å². The lowest BCUT2D eigenvalue weighted by atomic mass is 9.87. The third-order valence-corrected chi connectivity index (χ3v) is 4.51. The Morgan fingerprint density at radius 1 is 1.24 bits per heavy atom. The Bertz CT molecular complexity index is 643. The van der Waals surface area contributed by atoms with E-state index in [-0.39, 0.29) is 17.9 Å². The number of benzene rings is 1. The highest BCUT2D eigenvalue weighted by Gasteiger charge is 2.33. The highest BCUT2D eigenvalue weighted by atomic mass is 16.3. The highest BCUT2D eigenvalue weighted by Crippen LogP contribution is 2.37. The summed E-state index contributed by atoms with van der Waals surface area (Å²) < 4.78 is 0. The van der Waals surface area contributed by atoms with E-state index in [1.165, 1.54) is 0 Å². The zero-order chi connectivity index (χ0) is 14.7. The Morgan fingerprint density at radius 3 is 2.81 bits per heavy atom. The number of aliphatic hydroxyl groups is 1. The van der Waals surface area contributed by atoms with Crippen molar-refractivity contribution in [2.45, 2.75) is 25.7 Å². The molecular formula is C17H20N2O2. The molecule has 1 aromatic heterocycles. The van der Waals surface area contributed by atoms with Crippen LogP contribution in [0.3, 0.4) is 0 Å². The molecule has 1 aliphatic carbocycles. The summed E-state index contributed by atoms with van der Waals surface area (Å²) in [5.41, 5.74) is 1.34. The van der Waals surface area contributed by atoms with Crippen molar-refractivity contribution in [1.29, 1.82) is 0 Å².